The molecule has 1 aliphatic carbocycles. The van der Waals surface area contributed by atoms with Gasteiger partial charge in [-0.15, -0.1) is 0 Å². The van der Waals surface area contributed by atoms with Gasteiger partial charge in [0.1, 0.15) is 4.90 Å². The zero-order valence-electron chi connectivity index (χ0n) is 15.2. The van der Waals surface area contributed by atoms with Gasteiger partial charge in [-0.1, -0.05) is 29.3 Å². The normalized spacial score (nSPS) is 17.5. The monoisotopic (exact) mass is 436 g/mol. The van der Waals surface area contributed by atoms with Crippen LogP contribution in [0.15, 0.2) is 28.1 Å². The molecule has 0 heterocycles. The number of sulfone groups is 1. The molecule has 27 heavy (non-hydrogen) atoms. The summed E-state index contributed by atoms with van der Waals surface area (Å²) < 4.78 is 29.6. The van der Waals surface area contributed by atoms with Crippen LogP contribution in [0.25, 0.3) is 0 Å². The fourth-order valence-electron chi connectivity index (χ4n) is 2.73. The minimum Gasteiger partial charge on any atom is -0.504 e. The highest BCUT2D eigenvalue weighted by atomic mass is 35.5. The molecule has 0 bridgehead atoms. The summed E-state index contributed by atoms with van der Waals surface area (Å²) in [7, 11) is -2.68. The van der Waals surface area contributed by atoms with Crippen molar-refractivity contribution < 1.29 is 23.1 Å². The van der Waals surface area contributed by atoms with Crippen LogP contribution in [0.3, 0.4) is 0 Å². The third-order valence-electron chi connectivity index (χ3n) is 4.25. The molecule has 1 aromatic rings. The predicted molar refractivity (Wildman–Crippen MR) is 105 cm³/mol. The number of urea groups is 1. The number of amides is 2. The number of carbonyl (C=O) groups is 1. The van der Waals surface area contributed by atoms with E-state index in [1.54, 1.807) is 0 Å². The predicted octanol–water partition coefficient (Wildman–Crippen LogP) is 3.65. The van der Waals surface area contributed by atoms with Gasteiger partial charge in [0.15, 0.2) is 15.6 Å². The Labute approximate surface area is 168 Å². The molecule has 1 aromatic carbocycles. The molecule has 150 valence electrons. The Morgan fingerprint density at radius 3 is 2.59 bits per heavy atom. The SMILES string of the molecule is COCC(C)(C)S(=O)(=O)c1c(Cl)ccc(NC(=O)NC2CCC=C2Cl)c1O. The molecular formula is C17H22Cl2N2O5S. The number of allylic oxidation sites excluding steroid dienone is 1. The lowest BCUT2D eigenvalue weighted by atomic mass is 10.2. The minimum absolute atomic E-state index is 0.0817. The molecule has 2 amide bonds. The summed E-state index contributed by atoms with van der Waals surface area (Å²) in [6, 6.07) is 1.69. The van der Waals surface area contributed by atoms with E-state index < -0.39 is 31.3 Å². The molecule has 0 saturated carbocycles. The van der Waals surface area contributed by atoms with Crippen molar-refractivity contribution in [2.45, 2.75) is 42.4 Å². The van der Waals surface area contributed by atoms with Gasteiger partial charge in [0.25, 0.3) is 0 Å². The Morgan fingerprint density at radius 2 is 2.04 bits per heavy atom. The molecule has 0 aliphatic heterocycles. The van der Waals surface area contributed by atoms with Crippen LogP contribution in [0.1, 0.15) is 26.7 Å². The molecule has 2 rings (SSSR count). The molecule has 0 aromatic heterocycles. The van der Waals surface area contributed by atoms with Crippen LogP contribution in [0.2, 0.25) is 5.02 Å². The number of hydrogen-bond acceptors (Lipinski definition) is 5. The maximum atomic E-state index is 13.0. The first kappa shape index (κ1) is 21.8. The first-order valence-corrected chi connectivity index (χ1v) is 10.4. The Morgan fingerprint density at radius 1 is 1.37 bits per heavy atom. The van der Waals surface area contributed by atoms with Crippen LogP contribution >= 0.6 is 23.2 Å². The van der Waals surface area contributed by atoms with Gasteiger partial charge in [-0.05, 0) is 38.8 Å². The van der Waals surface area contributed by atoms with E-state index in [0.717, 1.165) is 6.42 Å². The summed E-state index contributed by atoms with van der Waals surface area (Å²) in [6.07, 6.45) is 3.24. The third-order valence-corrected chi connectivity index (χ3v) is 7.62. The second-order valence-electron chi connectivity index (χ2n) is 6.79. The molecule has 7 nitrogen and oxygen atoms in total. The largest absolute Gasteiger partial charge is 0.504 e. The first-order valence-electron chi connectivity index (χ1n) is 8.19. The van der Waals surface area contributed by atoms with E-state index in [1.165, 1.54) is 33.1 Å². The van der Waals surface area contributed by atoms with Crippen LogP contribution in [0.5, 0.6) is 5.75 Å². The van der Waals surface area contributed by atoms with Crippen molar-refractivity contribution in [1.29, 1.82) is 0 Å². The molecule has 1 unspecified atom stereocenters. The molecule has 0 spiro atoms. The van der Waals surface area contributed by atoms with E-state index in [4.69, 9.17) is 27.9 Å². The Bertz CT molecular complexity index is 868. The van der Waals surface area contributed by atoms with Gasteiger partial charge in [-0.25, -0.2) is 13.2 Å². The van der Waals surface area contributed by atoms with Crippen molar-refractivity contribution in [1.82, 2.24) is 5.32 Å². The summed E-state index contributed by atoms with van der Waals surface area (Å²) in [5.74, 6) is -0.630. The molecule has 1 aliphatic rings. The fraction of sp³-hybridized carbons (Fsp3) is 0.471. The lowest BCUT2D eigenvalue weighted by molar-refractivity contribution is 0.175. The first-order chi connectivity index (χ1) is 12.5. The number of rotatable bonds is 6. The third kappa shape index (κ3) is 4.51. The molecule has 10 heteroatoms. The topological polar surface area (TPSA) is 105 Å². The number of hydrogen-bond donors (Lipinski definition) is 3. The number of anilines is 1. The lowest BCUT2D eigenvalue weighted by Crippen LogP contribution is -2.38. The molecule has 0 radical (unpaired) electrons. The van der Waals surface area contributed by atoms with E-state index in [0.29, 0.717) is 11.5 Å². The van der Waals surface area contributed by atoms with E-state index in [2.05, 4.69) is 10.6 Å². The second-order valence-corrected chi connectivity index (χ2v) is 10.2. The van der Waals surface area contributed by atoms with Crippen LogP contribution in [-0.2, 0) is 14.6 Å². The van der Waals surface area contributed by atoms with Gasteiger partial charge in [-0.2, -0.15) is 0 Å². The number of nitrogens with one attached hydrogen (secondary N) is 2. The number of ether oxygens (including phenoxy) is 1. The number of phenolic OH excluding ortho intramolecular Hbond substituents is 1. The van der Waals surface area contributed by atoms with E-state index >= 15 is 0 Å². The number of methoxy groups -OCH3 is 1. The van der Waals surface area contributed by atoms with Crippen molar-refractivity contribution in [2.75, 3.05) is 19.0 Å². The van der Waals surface area contributed by atoms with E-state index in [-0.39, 0.29) is 23.4 Å². The Hall–Kier alpha value is -1.48. The van der Waals surface area contributed by atoms with Gasteiger partial charge in [0.05, 0.1) is 28.1 Å². The quantitative estimate of drug-likeness (QED) is 0.590. The molecule has 3 N–H and O–H groups in total. The molecular weight excluding hydrogens is 415 g/mol. The van der Waals surface area contributed by atoms with Gasteiger partial charge >= 0.3 is 6.03 Å². The minimum atomic E-state index is -4.06. The Kier molecular flexibility index (Phi) is 6.68. The van der Waals surface area contributed by atoms with E-state index in [1.807, 2.05) is 6.08 Å². The van der Waals surface area contributed by atoms with Crippen molar-refractivity contribution >= 4 is 44.8 Å². The smallest absolute Gasteiger partial charge is 0.319 e. The molecule has 1 atom stereocenters. The highest BCUT2D eigenvalue weighted by molar-refractivity contribution is 7.93. The summed E-state index contributed by atoms with van der Waals surface area (Å²) in [6.45, 7) is 2.82. The summed E-state index contributed by atoms with van der Waals surface area (Å²) >= 11 is 12.1. The summed E-state index contributed by atoms with van der Waals surface area (Å²) in [4.78, 5) is 11.7. The van der Waals surface area contributed by atoms with Crippen LogP contribution in [0, 0.1) is 0 Å². The molecule has 0 fully saturated rings. The maximum absolute atomic E-state index is 13.0. The lowest BCUT2D eigenvalue weighted by Gasteiger charge is -2.25. The van der Waals surface area contributed by atoms with Gasteiger partial charge in [0, 0.05) is 12.1 Å². The summed E-state index contributed by atoms with van der Waals surface area (Å²) in [5.41, 5.74) is -0.0817. The van der Waals surface area contributed by atoms with Gasteiger partial charge in [-0.3, -0.25) is 0 Å². The van der Waals surface area contributed by atoms with Crippen molar-refractivity contribution in [3.63, 3.8) is 0 Å². The summed E-state index contributed by atoms with van der Waals surface area (Å²) in [5, 5.41) is 16.0. The van der Waals surface area contributed by atoms with Gasteiger partial charge in [0.2, 0.25) is 0 Å². The van der Waals surface area contributed by atoms with Crippen LogP contribution in [-0.4, -0.2) is 44.1 Å². The number of halogens is 2. The standard InChI is InChI=1S/C17H22Cl2N2O5S/c1-17(2,9-26-3)27(24,25)15-11(19)7-8-13(14(15)22)21-16(23)20-12-6-4-5-10(12)18/h5,7-8,12,22H,4,6,9H2,1-3H3,(H2,20,21,23). The average molecular weight is 437 g/mol. The zero-order valence-corrected chi connectivity index (χ0v) is 17.5. The zero-order chi connectivity index (χ0) is 20.4. The highest BCUT2D eigenvalue weighted by Gasteiger charge is 2.40. The second kappa shape index (κ2) is 8.26. The maximum Gasteiger partial charge on any atom is 0.319 e. The van der Waals surface area contributed by atoms with Crippen LogP contribution in [0.4, 0.5) is 10.5 Å². The molecule has 0 saturated heterocycles. The van der Waals surface area contributed by atoms with Crippen molar-refractivity contribution in [2.24, 2.45) is 0 Å². The number of carbonyl (C=O) groups excluding carboxylic acids is 1. The number of aromatic hydroxyl groups is 1. The van der Waals surface area contributed by atoms with E-state index in [9.17, 15) is 18.3 Å². The Balaban J connectivity index is 2.32. The van der Waals surface area contributed by atoms with Gasteiger partial charge < -0.3 is 20.5 Å². The van der Waals surface area contributed by atoms with Crippen molar-refractivity contribution in [3.05, 3.63) is 28.3 Å². The van der Waals surface area contributed by atoms with Crippen molar-refractivity contribution in [3.8, 4) is 5.75 Å². The highest BCUT2D eigenvalue weighted by Crippen LogP contribution is 2.41. The van der Waals surface area contributed by atoms with Crippen LogP contribution < -0.4 is 10.6 Å². The number of benzene rings is 1. The fourth-order valence-corrected chi connectivity index (χ4v) is 4.98. The average Bonchev–Trinajstić information content (AvgIpc) is 2.95. The number of phenols is 1.